The third kappa shape index (κ3) is 3.09. The van der Waals surface area contributed by atoms with Crippen molar-refractivity contribution in [3.05, 3.63) is 28.8 Å². The molecule has 1 fully saturated rings. The molecule has 0 saturated heterocycles. The maximum absolute atomic E-state index is 11.9. The van der Waals surface area contributed by atoms with Gasteiger partial charge in [0, 0.05) is 17.4 Å². The first-order valence-corrected chi connectivity index (χ1v) is 6.80. The molecule has 3 nitrogen and oxygen atoms in total. The first-order chi connectivity index (χ1) is 8.56. The zero-order valence-electron chi connectivity index (χ0n) is 9.88. The van der Waals surface area contributed by atoms with E-state index in [9.17, 15) is 9.90 Å². The van der Waals surface area contributed by atoms with Crippen molar-refractivity contribution in [3.8, 4) is 5.75 Å². The number of hydrogen-bond donors (Lipinski definition) is 2. The molecule has 2 N–H and O–H groups in total. The van der Waals surface area contributed by atoms with Crippen LogP contribution in [0.5, 0.6) is 5.75 Å². The first-order valence-electron chi connectivity index (χ1n) is 5.89. The van der Waals surface area contributed by atoms with Gasteiger partial charge in [0.2, 0.25) is 0 Å². The van der Waals surface area contributed by atoms with Gasteiger partial charge in [0.25, 0.3) is 5.91 Å². The van der Waals surface area contributed by atoms with Crippen LogP contribution in [0.15, 0.2) is 18.2 Å². The summed E-state index contributed by atoms with van der Waals surface area (Å²) in [5.41, 5.74) is 0.384. The van der Waals surface area contributed by atoms with E-state index in [-0.39, 0.29) is 22.6 Å². The topological polar surface area (TPSA) is 49.3 Å². The van der Waals surface area contributed by atoms with Crippen molar-refractivity contribution < 1.29 is 9.90 Å². The van der Waals surface area contributed by atoms with Gasteiger partial charge < -0.3 is 10.4 Å². The second kappa shape index (κ2) is 5.37. The van der Waals surface area contributed by atoms with E-state index in [4.69, 9.17) is 23.2 Å². The quantitative estimate of drug-likeness (QED) is 0.817. The normalized spacial score (nSPS) is 16.3. The number of rotatable bonds is 5. The Morgan fingerprint density at radius 3 is 2.78 bits per heavy atom. The van der Waals surface area contributed by atoms with E-state index in [0.717, 1.165) is 19.3 Å². The minimum atomic E-state index is -0.296. The van der Waals surface area contributed by atoms with Crippen LogP contribution in [0.25, 0.3) is 0 Å². The van der Waals surface area contributed by atoms with Crippen LogP contribution in [-0.2, 0) is 0 Å². The van der Waals surface area contributed by atoms with Gasteiger partial charge in [-0.3, -0.25) is 4.79 Å². The van der Waals surface area contributed by atoms with Crippen molar-refractivity contribution in [2.24, 2.45) is 5.41 Å². The van der Waals surface area contributed by atoms with Crippen molar-refractivity contribution in [1.82, 2.24) is 5.32 Å². The van der Waals surface area contributed by atoms with Gasteiger partial charge in [0.05, 0.1) is 5.56 Å². The zero-order valence-corrected chi connectivity index (χ0v) is 11.4. The largest absolute Gasteiger partial charge is 0.507 e. The molecule has 1 aromatic carbocycles. The highest BCUT2D eigenvalue weighted by atomic mass is 35.5. The second-order valence-electron chi connectivity index (χ2n) is 4.78. The molecule has 5 heteroatoms. The van der Waals surface area contributed by atoms with Gasteiger partial charge in [-0.2, -0.15) is 0 Å². The van der Waals surface area contributed by atoms with Crippen molar-refractivity contribution >= 4 is 29.1 Å². The highest BCUT2D eigenvalue weighted by Gasteiger charge is 2.41. The number of hydrogen-bond acceptors (Lipinski definition) is 2. The maximum Gasteiger partial charge on any atom is 0.255 e. The SMILES string of the molecule is O=C(NCC1(CCCl)CC1)c1cc(Cl)ccc1O. The van der Waals surface area contributed by atoms with E-state index < -0.39 is 0 Å². The maximum atomic E-state index is 11.9. The number of carbonyl (C=O) groups excluding carboxylic acids is 1. The van der Waals surface area contributed by atoms with Crippen LogP contribution in [0.4, 0.5) is 0 Å². The molecule has 1 aliphatic rings. The molecule has 98 valence electrons. The molecule has 0 radical (unpaired) electrons. The van der Waals surface area contributed by atoms with Gasteiger partial charge >= 0.3 is 0 Å². The molecule has 1 amide bonds. The van der Waals surface area contributed by atoms with Crippen LogP contribution in [0.1, 0.15) is 29.6 Å². The monoisotopic (exact) mass is 287 g/mol. The molecule has 0 bridgehead atoms. The Morgan fingerprint density at radius 1 is 1.44 bits per heavy atom. The minimum Gasteiger partial charge on any atom is -0.507 e. The van der Waals surface area contributed by atoms with Gasteiger partial charge in [0.15, 0.2) is 0 Å². The summed E-state index contributed by atoms with van der Waals surface area (Å²) >= 11 is 11.5. The van der Waals surface area contributed by atoms with E-state index in [1.165, 1.54) is 12.1 Å². The Morgan fingerprint density at radius 2 is 2.17 bits per heavy atom. The predicted molar refractivity (Wildman–Crippen MR) is 72.5 cm³/mol. The fourth-order valence-corrected chi connectivity index (χ4v) is 2.52. The number of aromatic hydroxyl groups is 1. The van der Waals surface area contributed by atoms with Crippen molar-refractivity contribution in [2.45, 2.75) is 19.3 Å². The molecule has 0 spiro atoms. The number of halogens is 2. The summed E-state index contributed by atoms with van der Waals surface area (Å²) in [6.07, 6.45) is 3.11. The van der Waals surface area contributed by atoms with E-state index in [0.29, 0.717) is 17.4 Å². The van der Waals surface area contributed by atoms with E-state index in [2.05, 4.69) is 5.32 Å². The van der Waals surface area contributed by atoms with E-state index in [1.54, 1.807) is 6.07 Å². The molecule has 0 heterocycles. The molecule has 0 aliphatic heterocycles. The summed E-state index contributed by atoms with van der Waals surface area (Å²) in [5, 5.41) is 12.9. The minimum absolute atomic E-state index is 0.0564. The van der Waals surface area contributed by atoms with Crippen LogP contribution in [0.2, 0.25) is 5.02 Å². The zero-order chi connectivity index (χ0) is 13.2. The van der Waals surface area contributed by atoms with E-state index >= 15 is 0 Å². The van der Waals surface area contributed by atoms with Crippen LogP contribution in [0.3, 0.4) is 0 Å². The summed E-state index contributed by atoms with van der Waals surface area (Å²) in [6, 6.07) is 4.43. The average molecular weight is 288 g/mol. The molecular weight excluding hydrogens is 273 g/mol. The Labute approximate surface area is 116 Å². The van der Waals surface area contributed by atoms with Gasteiger partial charge in [-0.25, -0.2) is 0 Å². The number of alkyl halides is 1. The van der Waals surface area contributed by atoms with Gasteiger partial charge in [-0.1, -0.05) is 11.6 Å². The molecule has 0 atom stereocenters. The highest BCUT2D eigenvalue weighted by Crippen LogP contribution is 2.48. The smallest absolute Gasteiger partial charge is 0.255 e. The van der Waals surface area contributed by atoms with Gasteiger partial charge in [-0.15, -0.1) is 11.6 Å². The van der Waals surface area contributed by atoms with Crippen LogP contribution in [-0.4, -0.2) is 23.4 Å². The highest BCUT2D eigenvalue weighted by molar-refractivity contribution is 6.31. The van der Waals surface area contributed by atoms with E-state index in [1.807, 2.05) is 0 Å². The molecule has 1 aliphatic carbocycles. The lowest BCUT2D eigenvalue weighted by Gasteiger charge is -2.14. The fraction of sp³-hybridized carbons (Fsp3) is 0.462. The average Bonchev–Trinajstić information content (AvgIpc) is 3.10. The first kappa shape index (κ1) is 13.5. The van der Waals surface area contributed by atoms with Crippen LogP contribution >= 0.6 is 23.2 Å². The number of amides is 1. The Bertz CT molecular complexity index is 458. The van der Waals surface area contributed by atoms with Crippen molar-refractivity contribution in [2.75, 3.05) is 12.4 Å². The van der Waals surface area contributed by atoms with Gasteiger partial charge in [-0.05, 0) is 42.9 Å². The lowest BCUT2D eigenvalue weighted by Crippen LogP contribution is -2.30. The van der Waals surface area contributed by atoms with Crippen molar-refractivity contribution in [1.29, 1.82) is 0 Å². The number of nitrogens with one attached hydrogen (secondary N) is 1. The molecule has 18 heavy (non-hydrogen) atoms. The molecule has 0 aromatic heterocycles. The summed E-state index contributed by atoms with van der Waals surface area (Å²) in [4.78, 5) is 11.9. The summed E-state index contributed by atoms with van der Waals surface area (Å²) in [6.45, 7) is 0.602. The summed E-state index contributed by atoms with van der Waals surface area (Å²) in [5.74, 6) is 0.258. The third-order valence-corrected chi connectivity index (χ3v) is 3.83. The number of carbonyl (C=O) groups is 1. The molecule has 1 aromatic rings. The summed E-state index contributed by atoms with van der Waals surface area (Å²) in [7, 11) is 0. The van der Waals surface area contributed by atoms with Gasteiger partial charge in [0.1, 0.15) is 5.75 Å². The number of benzene rings is 1. The van der Waals surface area contributed by atoms with Crippen LogP contribution < -0.4 is 5.32 Å². The Balaban J connectivity index is 1.98. The standard InChI is InChI=1S/C13H15Cl2NO2/c14-6-5-13(3-4-13)8-16-12(18)10-7-9(15)1-2-11(10)17/h1-2,7,17H,3-6,8H2,(H,16,18). The Hall–Kier alpha value is -0.930. The molecule has 2 rings (SSSR count). The van der Waals surface area contributed by atoms with Crippen molar-refractivity contribution in [3.63, 3.8) is 0 Å². The molecule has 0 unspecified atom stereocenters. The number of phenols is 1. The predicted octanol–water partition coefficient (Wildman–Crippen LogP) is 3.18. The Kier molecular flexibility index (Phi) is 4.03. The fourth-order valence-electron chi connectivity index (χ4n) is 1.95. The molecule has 1 saturated carbocycles. The lowest BCUT2D eigenvalue weighted by atomic mass is 10.0. The summed E-state index contributed by atoms with van der Waals surface area (Å²) < 4.78 is 0. The number of phenolic OH excluding ortho intramolecular Hbond substituents is 1. The lowest BCUT2D eigenvalue weighted by molar-refractivity contribution is 0.0941. The second-order valence-corrected chi connectivity index (χ2v) is 5.60. The molecular formula is C13H15Cl2NO2. The van der Waals surface area contributed by atoms with Crippen LogP contribution in [0, 0.1) is 5.41 Å². The third-order valence-electron chi connectivity index (χ3n) is 3.41.